The number of aliphatic imine (C=N–C) groups is 1. The Labute approximate surface area is 184 Å². The number of aromatic nitrogens is 4. The Balaban J connectivity index is 1.73. The summed E-state index contributed by atoms with van der Waals surface area (Å²) < 4.78 is 2.06. The third-order valence-electron chi connectivity index (χ3n) is 4.89. The van der Waals surface area contributed by atoms with Crippen LogP contribution in [0.3, 0.4) is 0 Å². The largest absolute Gasteiger partial charge is 0.279 e. The first kappa shape index (κ1) is 20.3. The lowest BCUT2D eigenvalue weighted by molar-refractivity contribution is 0.646. The molecule has 0 fully saturated rings. The molecule has 150 valence electrons. The fraction of sp³-hybridized carbons (Fsp3) is 0.333. The zero-order valence-corrected chi connectivity index (χ0v) is 18.1. The van der Waals surface area contributed by atoms with Gasteiger partial charge >= 0.3 is 0 Å². The third-order valence-corrected chi connectivity index (χ3v) is 5.70. The van der Waals surface area contributed by atoms with Gasteiger partial charge in [-0.15, -0.1) is 21.8 Å². The minimum absolute atomic E-state index is 0.397. The Morgan fingerprint density at radius 3 is 2.59 bits per heavy atom. The molecule has 1 aliphatic rings. The average Bonchev–Trinajstić information content (AvgIpc) is 3.04. The van der Waals surface area contributed by atoms with Gasteiger partial charge in [-0.25, -0.2) is 4.98 Å². The number of alkyl halides is 1. The van der Waals surface area contributed by atoms with Crippen molar-refractivity contribution >= 4 is 40.5 Å². The molecule has 3 aromatic rings. The fourth-order valence-electron chi connectivity index (χ4n) is 3.50. The first-order valence-corrected chi connectivity index (χ1v) is 10.9. The Kier molecular flexibility index (Phi) is 6.48. The number of nitrogens with zero attached hydrogens (tertiary/aromatic N) is 5. The monoisotopic (exact) mass is 447 g/mol. The maximum absolute atomic E-state index is 6.46. The molecule has 1 aromatic carbocycles. The van der Waals surface area contributed by atoms with Gasteiger partial charge in [-0.05, 0) is 31.0 Å². The lowest BCUT2D eigenvalue weighted by atomic mass is 10.1. The minimum atomic E-state index is 0.397. The molecule has 0 N–H and O–H groups in total. The molecule has 1 aliphatic heterocycles. The van der Waals surface area contributed by atoms with E-state index in [1.54, 1.807) is 6.07 Å². The van der Waals surface area contributed by atoms with Crippen molar-refractivity contribution in [2.45, 2.75) is 38.6 Å². The van der Waals surface area contributed by atoms with Crippen LogP contribution in [0, 0.1) is 0 Å². The van der Waals surface area contributed by atoms with Crippen molar-refractivity contribution in [1.82, 2.24) is 19.7 Å². The highest BCUT2D eigenvalue weighted by Gasteiger charge is 2.25. The van der Waals surface area contributed by atoms with E-state index in [-0.39, 0.29) is 0 Å². The second kappa shape index (κ2) is 9.24. The summed E-state index contributed by atoms with van der Waals surface area (Å²) in [6.07, 6.45) is 5.14. The van der Waals surface area contributed by atoms with Crippen LogP contribution in [0.25, 0.3) is 5.69 Å². The Hall–Kier alpha value is -1.95. The van der Waals surface area contributed by atoms with E-state index in [2.05, 4.69) is 19.7 Å². The smallest absolute Gasteiger partial charge is 0.159 e. The van der Waals surface area contributed by atoms with E-state index in [0.29, 0.717) is 34.0 Å². The number of rotatable bonds is 7. The van der Waals surface area contributed by atoms with Gasteiger partial charge in [0.15, 0.2) is 5.82 Å². The first-order chi connectivity index (χ1) is 14.2. The highest BCUT2D eigenvalue weighted by Crippen LogP contribution is 2.28. The lowest BCUT2D eigenvalue weighted by Crippen LogP contribution is -2.12. The summed E-state index contributed by atoms with van der Waals surface area (Å²) in [7, 11) is 0. The highest BCUT2D eigenvalue weighted by atomic mass is 35.5. The van der Waals surface area contributed by atoms with Crippen LogP contribution >= 0.6 is 34.8 Å². The topological polar surface area (TPSA) is 56.0 Å². The molecule has 29 heavy (non-hydrogen) atoms. The number of halogens is 3. The molecule has 3 heterocycles. The summed E-state index contributed by atoms with van der Waals surface area (Å²) in [6, 6.07) is 11.4. The molecule has 0 spiro atoms. The number of hydrogen-bond donors (Lipinski definition) is 0. The van der Waals surface area contributed by atoms with Gasteiger partial charge in [0.05, 0.1) is 16.4 Å². The predicted molar refractivity (Wildman–Crippen MR) is 118 cm³/mol. The Bertz CT molecular complexity index is 1040. The van der Waals surface area contributed by atoms with Crippen molar-refractivity contribution in [3.63, 3.8) is 0 Å². The molecule has 0 amide bonds. The van der Waals surface area contributed by atoms with Crippen LogP contribution in [0.4, 0.5) is 0 Å². The maximum atomic E-state index is 6.46. The number of hydrogen-bond acceptors (Lipinski definition) is 4. The van der Waals surface area contributed by atoms with Crippen LogP contribution in [0.1, 0.15) is 48.6 Å². The minimum Gasteiger partial charge on any atom is -0.279 e. The SMILES string of the molecule is ClCCCCCCc1nnc2n1-c1ccc(Cl)nc1C(c1ccccc1Cl)=NC2. The molecule has 4 rings (SSSR count). The van der Waals surface area contributed by atoms with E-state index >= 15 is 0 Å². The molecule has 0 aliphatic carbocycles. The van der Waals surface area contributed by atoms with E-state index < -0.39 is 0 Å². The summed E-state index contributed by atoms with van der Waals surface area (Å²) in [5, 5.41) is 9.85. The first-order valence-electron chi connectivity index (χ1n) is 9.65. The molecule has 0 atom stereocenters. The second-order valence-corrected chi connectivity index (χ2v) is 8.04. The molecular formula is C21H20Cl3N5. The maximum Gasteiger partial charge on any atom is 0.159 e. The molecule has 8 heteroatoms. The zero-order valence-electron chi connectivity index (χ0n) is 15.8. The van der Waals surface area contributed by atoms with Crippen molar-refractivity contribution in [1.29, 1.82) is 0 Å². The normalized spacial score (nSPS) is 12.9. The third kappa shape index (κ3) is 4.32. The molecule has 0 radical (unpaired) electrons. The Morgan fingerprint density at radius 1 is 0.931 bits per heavy atom. The van der Waals surface area contributed by atoms with Crippen LogP contribution in [0.15, 0.2) is 41.4 Å². The van der Waals surface area contributed by atoms with Gasteiger partial charge < -0.3 is 0 Å². The van der Waals surface area contributed by atoms with E-state index in [9.17, 15) is 0 Å². The molecular weight excluding hydrogens is 429 g/mol. The van der Waals surface area contributed by atoms with Crippen molar-refractivity contribution < 1.29 is 0 Å². The molecule has 5 nitrogen and oxygen atoms in total. The van der Waals surface area contributed by atoms with Crippen LogP contribution in [-0.2, 0) is 13.0 Å². The van der Waals surface area contributed by atoms with E-state index in [1.165, 1.54) is 0 Å². The summed E-state index contributed by atoms with van der Waals surface area (Å²) in [4.78, 5) is 9.38. The van der Waals surface area contributed by atoms with E-state index in [4.69, 9.17) is 39.8 Å². The number of aryl methyl sites for hydroxylation is 1. The number of benzene rings is 1. The van der Waals surface area contributed by atoms with Crippen molar-refractivity contribution in [2.75, 3.05) is 5.88 Å². The zero-order chi connectivity index (χ0) is 20.2. The van der Waals surface area contributed by atoms with Crippen LogP contribution in [-0.4, -0.2) is 31.3 Å². The molecule has 0 saturated carbocycles. The van der Waals surface area contributed by atoms with Gasteiger partial charge in [0.25, 0.3) is 0 Å². The van der Waals surface area contributed by atoms with Gasteiger partial charge in [-0.2, -0.15) is 0 Å². The second-order valence-electron chi connectivity index (χ2n) is 6.87. The number of unbranched alkanes of at least 4 members (excludes halogenated alkanes) is 3. The van der Waals surface area contributed by atoms with E-state index in [1.807, 2.05) is 30.3 Å². The summed E-state index contributed by atoms with van der Waals surface area (Å²) in [6.45, 7) is 0.397. The molecule has 2 aromatic heterocycles. The quantitative estimate of drug-likeness (QED) is 0.266. The molecule has 0 bridgehead atoms. The van der Waals surface area contributed by atoms with Gasteiger partial charge in [0.2, 0.25) is 0 Å². The van der Waals surface area contributed by atoms with Gasteiger partial charge in [0, 0.05) is 17.9 Å². The van der Waals surface area contributed by atoms with Crippen molar-refractivity contribution in [2.24, 2.45) is 4.99 Å². The van der Waals surface area contributed by atoms with Crippen LogP contribution in [0.2, 0.25) is 10.2 Å². The predicted octanol–water partition coefficient (Wildman–Crippen LogP) is 5.66. The van der Waals surface area contributed by atoms with Crippen molar-refractivity contribution in [3.8, 4) is 5.69 Å². The van der Waals surface area contributed by atoms with E-state index in [0.717, 1.165) is 55.0 Å². The summed E-state index contributed by atoms with van der Waals surface area (Å²) in [5.41, 5.74) is 3.10. The molecule has 0 saturated heterocycles. The number of pyridine rings is 1. The average molecular weight is 449 g/mol. The lowest BCUT2D eigenvalue weighted by Gasteiger charge is -2.13. The standard InChI is InChI=1S/C21H20Cl3N5/c22-12-6-2-1-3-9-18-27-28-19-13-25-20(14-7-4-5-8-15(14)23)21-16(29(18)19)10-11-17(24)26-21/h4-5,7-8,10-11H,1-3,6,9,12-13H2. The van der Waals surface area contributed by atoms with Crippen LogP contribution < -0.4 is 0 Å². The van der Waals surface area contributed by atoms with Crippen molar-refractivity contribution in [3.05, 3.63) is 69.5 Å². The van der Waals surface area contributed by atoms with Gasteiger partial charge in [-0.1, -0.05) is 54.2 Å². The summed E-state index contributed by atoms with van der Waals surface area (Å²) in [5.74, 6) is 2.41. The highest BCUT2D eigenvalue weighted by molar-refractivity contribution is 6.35. The fourth-order valence-corrected chi connectivity index (χ4v) is 4.06. The van der Waals surface area contributed by atoms with Crippen LogP contribution in [0.5, 0.6) is 0 Å². The van der Waals surface area contributed by atoms with Gasteiger partial charge in [-0.3, -0.25) is 9.56 Å². The summed E-state index contributed by atoms with van der Waals surface area (Å²) >= 11 is 18.5. The Morgan fingerprint density at radius 2 is 1.76 bits per heavy atom. The van der Waals surface area contributed by atoms with Gasteiger partial charge in [0.1, 0.15) is 23.2 Å². The number of fused-ring (bicyclic) bond motifs is 3. The molecule has 0 unspecified atom stereocenters.